The number of rotatable bonds is 12. The number of esters is 1. The Morgan fingerprint density at radius 2 is 1.50 bits per heavy atom. The monoisotopic (exact) mass is 257 g/mol. The van der Waals surface area contributed by atoms with Crippen LogP contribution in [0.4, 0.5) is 0 Å². The zero-order valence-corrected chi connectivity index (χ0v) is 12.5. The van der Waals surface area contributed by atoms with Crippen LogP contribution in [0.5, 0.6) is 0 Å². The first-order valence-electron chi connectivity index (χ1n) is 7.46. The minimum Gasteiger partial charge on any atom is -0.469 e. The molecule has 3 nitrogen and oxygen atoms in total. The summed E-state index contributed by atoms with van der Waals surface area (Å²) in [5.74, 6) is -0.0978. The van der Waals surface area contributed by atoms with Crippen LogP contribution < -0.4 is 0 Å². The van der Waals surface area contributed by atoms with Gasteiger partial charge in [0.2, 0.25) is 0 Å². The maximum atomic E-state index is 10.9. The Morgan fingerprint density at radius 1 is 0.944 bits per heavy atom. The van der Waals surface area contributed by atoms with Crippen LogP contribution in [-0.2, 0) is 9.53 Å². The van der Waals surface area contributed by atoms with Crippen molar-refractivity contribution in [3.63, 3.8) is 0 Å². The molecule has 0 radical (unpaired) electrons. The summed E-state index contributed by atoms with van der Waals surface area (Å²) in [5.41, 5.74) is 0. The molecule has 0 atom stereocenters. The fourth-order valence-electron chi connectivity index (χ4n) is 2.05. The third-order valence-corrected chi connectivity index (χ3v) is 3.29. The Kier molecular flexibility index (Phi) is 12.5. The van der Waals surface area contributed by atoms with Crippen molar-refractivity contribution in [1.82, 2.24) is 4.90 Å². The maximum absolute atomic E-state index is 10.9. The minimum absolute atomic E-state index is 0.0978. The van der Waals surface area contributed by atoms with Crippen LogP contribution in [0.25, 0.3) is 0 Å². The van der Waals surface area contributed by atoms with Crippen molar-refractivity contribution >= 4 is 5.97 Å². The van der Waals surface area contributed by atoms with Crippen LogP contribution in [0.1, 0.15) is 64.7 Å². The number of unbranched alkanes of at least 4 members (excludes halogenated alkanes) is 6. The van der Waals surface area contributed by atoms with Crippen LogP contribution in [-0.4, -0.2) is 38.1 Å². The van der Waals surface area contributed by atoms with Gasteiger partial charge in [-0.25, -0.2) is 0 Å². The summed E-state index contributed by atoms with van der Waals surface area (Å²) >= 11 is 0. The summed E-state index contributed by atoms with van der Waals surface area (Å²) in [6, 6.07) is 0. The maximum Gasteiger partial charge on any atom is 0.305 e. The molecule has 0 fully saturated rings. The van der Waals surface area contributed by atoms with E-state index in [1.165, 1.54) is 52.1 Å². The topological polar surface area (TPSA) is 29.5 Å². The highest BCUT2D eigenvalue weighted by Gasteiger charge is 2.02. The third kappa shape index (κ3) is 11.9. The highest BCUT2D eigenvalue weighted by Crippen LogP contribution is 2.07. The first-order valence-corrected chi connectivity index (χ1v) is 7.46. The molecule has 0 N–H and O–H groups in total. The standard InChI is InChI=1S/C15H31NO2/c1-4-5-6-7-8-9-10-13-16(2)14-11-12-15(17)18-3/h4-14H2,1-3H3. The van der Waals surface area contributed by atoms with Crippen LogP contribution >= 0.6 is 0 Å². The predicted molar refractivity (Wildman–Crippen MR) is 76.7 cm³/mol. The third-order valence-electron chi connectivity index (χ3n) is 3.29. The smallest absolute Gasteiger partial charge is 0.305 e. The summed E-state index contributed by atoms with van der Waals surface area (Å²) in [6.07, 6.45) is 10.9. The van der Waals surface area contributed by atoms with Crippen LogP contribution in [0.3, 0.4) is 0 Å². The molecule has 0 saturated heterocycles. The van der Waals surface area contributed by atoms with Gasteiger partial charge in [0.25, 0.3) is 0 Å². The van der Waals surface area contributed by atoms with Crippen molar-refractivity contribution in [3.8, 4) is 0 Å². The van der Waals surface area contributed by atoms with Gasteiger partial charge >= 0.3 is 5.97 Å². The van der Waals surface area contributed by atoms with E-state index in [1.807, 2.05) is 0 Å². The van der Waals surface area contributed by atoms with Gasteiger partial charge in [-0.15, -0.1) is 0 Å². The van der Waals surface area contributed by atoms with Crippen LogP contribution in [0, 0.1) is 0 Å². The second kappa shape index (κ2) is 12.9. The molecule has 0 unspecified atom stereocenters. The summed E-state index contributed by atoms with van der Waals surface area (Å²) in [5, 5.41) is 0. The second-order valence-electron chi connectivity index (χ2n) is 5.10. The van der Waals surface area contributed by atoms with E-state index in [0.29, 0.717) is 6.42 Å². The molecule has 0 bridgehead atoms. The van der Waals surface area contributed by atoms with Crippen molar-refractivity contribution in [1.29, 1.82) is 0 Å². The number of methoxy groups -OCH3 is 1. The Hall–Kier alpha value is -0.570. The van der Waals surface area contributed by atoms with Crippen molar-refractivity contribution < 1.29 is 9.53 Å². The molecule has 0 rings (SSSR count). The van der Waals surface area contributed by atoms with Crippen LogP contribution in [0.2, 0.25) is 0 Å². The number of ether oxygens (including phenoxy) is 1. The van der Waals surface area contributed by atoms with E-state index in [-0.39, 0.29) is 5.97 Å². The highest BCUT2D eigenvalue weighted by molar-refractivity contribution is 5.69. The average Bonchev–Trinajstić information content (AvgIpc) is 2.37. The molecule has 0 aromatic rings. The number of hydrogen-bond acceptors (Lipinski definition) is 3. The van der Waals surface area contributed by atoms with Gasteiger partial charge in [0.1, 0.15) is 0 Å². The Bertz CT molecular complexity index is 195. The zero-order chi connectivity index (χ0) is 13.6. The minimum atomic E-state index is -0.0978. The number of carbonyl (C=O) groups excluding carboxylic acids is 1. The summed E-state index contributed by atoms with van der Waals surface area (Å²) < 4.78 is 4.62. The van der Waals surface area contributed by atoms with Gasteiger partial charge in [0, 0.05) is 6.42 Å². The van der Waals surface area contributed by atoms with E-state index in [0.717, 1.165) is 19.5 Å². The van der Waals surface area contributed by atoms with Gasteiger partial charge in [0.15, 0.2) is 0 Å². The van der Waals surface area contributed by atoms with E-state index >= 15 is 0 Å². The molecule has 0 aromatic heterocycles. The highest BCUT2D eigenvalue weighted by atomic mass is 16.5. The molecular weight excluding hydrogens is 226 g/mol. The number of hydrogen-bond donors (Lipinski definition) is 0. The molecule has 0 aliphatic carbocycles. The Labute approximate surface area is 113 Å². The summed E-state index contributed by atoms with van der Waals surface area (Å²) in [4.78, 5) is 13.3. The van der Waals surface area contributed by atoms with Crippen LogP contribution in [0.15, 0.2) is 0 Å². The molecular formula is C15H31NO2. The fourth-order valence-corrected chi connectivity index (χ4v) is 2.05. The van der Waals surface area contributed by atoms with Gasteiger partial charge in [0.05, 0.1) is 7.11 Å². The molecule has 0 amide bonds. The predicted octanol–water partition coefficient (Wildman–Crippen LogP) is 3.62. The molecule has 18 heavy (non-hydrogen) atoms. The van der Waals surface area contributed by atoms with Gasteiger partial charge in [-0.05, 0) is 33.0 Å². The molecule has 3 heteroatoms. The number of carbonyl (C=O) groups is 1. The van der Waals surface area contributed by atoms with E-state index in [4.69, 9.17) is 0 Å². The quantitative estimate of drug-likeness (QED) is 0.395. The first-order chi connectivity index (χ1) is 8.70. The average molecular weight is 257 g/mol. The Morgan fingerprint density at radius 3 is 2.11 bits per heavy atom. The number of nitrogens with zero attached hydrogens (tertiary/aromatic N) is 1. The molecule has 0 aliphatic rings. The van der Waals surface area contributed by atoms with E-state index < -0.39 is 0 Å². The molecule has 108 valence electrons. The van der Waals surface area contributed by atoms with E-state index in [2.05, 4.69) is 23.6 Å². The van der Waals surface area contributed by atoms with Crippen molar-refractivity contribution in [2.45, 2.75) is 64.7 Å². The van der Waals surface area contributed by atoms with Crippen molar-refractivity contribution in [2.75, 3.05) is 27.2 Å². The fraction of sp³-hybridized carbons (Fsp3) is 0.933. The SMILES string of the molecule is CCCCCCCCCN(C)CCCC(=O)OC. The zero-order valence-electron chi connectivity index (χ0n) is 12.5. The van der Waals surface area contributed by atoms with Crippen molar-refractivity contribution in [3.05, 3.63) is 0 Å². The normalized spacial score (nSPS) is 10.9. The van der Waals surface area contributed by atoms with E-state index in [9.17, 15) is 4.79 Å². The second-order valence-corrected chi connectivity index (χ2v) is 5.10. The molecule has 0 heterocycles. The summed E-state index contributed by atoms with van der Waals surface area (Å²) in [6.45, 7) is 4.39. The van der Waals surface area contributed by atoms with Gasteiger partial charge in [-0.3, -0.25) is 4.79 Å². The van der Waals surface area contributed by atoms with Gasteiger partial charge < -0.3 is 9.64 Å². The van der Waals surface area contributed by atoms with E-state index in [1.54, 1.807) is 0 Å². The molecule has 0 aromatic carbocycles. The molecule has 0 saturated carbocycles. The lowest BCUT2D eigenvalue weighted by atomic mass is 10.1. The van der Waals surface area contributed by atoms with Gasteiger partial charge in [-0.1, -0.05) is 45.4 Å². The largest absolute Gasteiger partial charge is 0.469 e. The summed E-state index contributed by atoms with van der Waals surface area (Å²) in [7, 11) is 3.58. The van der Waals surface area contributed by atoms with Crippen molar-refractivity contribution in [2.24, 2.45) is 0 Å². The lowest BCUT2D eigenvalue weighted by molar-refractivity contribution is -0.140. The lowest BCUT2D eigenvalue weighted by Crippen LogP contribution is -2.21. The van der Waals surface area contributed by atoms with Gasteiger partial charge in [-0.2, -0.15) is 0 Å². The first kappa shape index (κ1) is 17.4. The molecule has 0 aliphatic heterocycles. The lowest BCUT2D eigenvalue weighted by Gasteiger charge is -2.15. The molecule has 0 spiro atoms. The Balaban J connectivity index is 3.21.